The second-order valence-electron chi connectivity index (χ2n) is 10.2. The first kappa shape index (κ1) is 25.3. The largest absolute Gasteiger partial charge is 0.505 e. The normalized spacial score (nSPS) is 34.3. The highest BCUT2D eigenvalue weighted by molar-refractivity contribution is 6.53. The van der Waals surface area contributed by atoms with Crippen molar-refractivity contribution in [3.05, 3.63) is 70.5 Å². The summed E-state index contributed by atoms with van der Waals surface area (Å²) in [5.41, 5.74) is 1.13. The van der Waals surface area contributed by atoms with Crippen LogP contribution in [0.1, 0.15) is 24.3 Å². The SMILES string of the molecule is CN1C(=O)[C@]2(Cl)C[C@@H]3C(=CC[C@@H]4C(=O)N(c5ccc(Cl)cc5)C(=O)[C@@H]43)[C@H](c3ccc(O)c(F)c3)[C@]2(Cl)C1=O. The number of hydrogen-bond donors (Lipinski definition) is 1. The number of carbonyl (C=O) groups excluding carboxylic acids is 4. The van der Waals surface area contributed by atoms with Gasteiger partial charge < -0.3 is 5.11 Å². The number of hydrogen-bond acceptors (Lipinski definition) is 5. The lowest BCUT2D eigenvalue weighted by Crippen LogP contribution is -2.60. The number of aromatic hydroxyl groups is 1. The Morgan fingerprint density at radius 1 is 0.974 bits per heavy atom. The molecule has 38 heavy (non-hydrogen) atoms. The van der Waals surface area contributed by atoms with Gasteiger partial charge in [-0.05, 0) is 60.7 Å². The quantitative estimate of drug-likeness (QED) is 0.325. The summed E-state index contributed by atoms with van der Waals surface area (Å²) < 4.78 is 14.5. The standard InChI is InChI=1S/C27H20Cl3FN2O5/c1-32-24(37)26(29)11-17-15(21(27(26,30)25(32)38)12-2-9-19(34)18(31)10-12)7-8-16-20(17)23(36)33(22(16)35)14-5-3-13(28)4-6-14/h2-7,9-10,16-17,20-21,34H,8,11H2,1H3/t16-,17+,20-,21-,26+,27-/m0/s1. The van der Waals surface area contributed by atoms with E-state index in [0.717, 1.165) is 21.9 Å². The third-order valence-corrected chi connectivity index (χ3v) is 10.1. The number of amides is 4. The van der Waals surface area contributed by atoms with E-state index in [1.807, 2.05) is 0 Å². The lowest BCUT2D eigenvalue weighted by Gasteiger charge is -2.50. The van der Waals surface area contributed by atoms with Crippen LogP contribution in [0.4, 0.5) is 10.1 Å². The van der Waals surface area contributed by atoms with Crippen LogP contribution in [0.5, 0.6) is 5.75 Å². The number of phenols is 1. The number of fused-ring (bicyclic) bond motifs is 4. The van der Waals surface area contributed by atoms with Gasteiger partial charge in [0, 0.05) is 18.0 Å². The van der Waals surface area contributed by atoms with Crippen molar-refractivity contribution in [2.45, 2.75) is 28.5 Å². The zero-order valence-electron chi connectivity index (χ0n) is 19.8. The second-order valence-corrected chi connectivity index (χ2v) is 11.9. The first-order chi connectivity index (χ1) is 17.9. The van der Waals surface area contributed by atoms with Crippen molar-refractivity contribution in [1.82, 2.24) is 4.90 Å². The molecule has 2 heterocycles. The number of alkyl halides is 2. The molecule has 6 rings (SSSR count). The molecule has 4 amide bonds. The molecule has 0 spiro atoms. The van der Waals surface area contributed by atoms with Crippen LogP contribution in [0.15, 0.2) is 54.1 Å². The molecule has 2 aliphatic carbocycles. The van der Waals surface area contributed by atoms with Gasteiger partial charge in [-0.2, -0.15) is 0 Å². The number of carbonyl (C=O) groups is 4. The lowest BCUT2D eigenvalue weighted by atomic mass is 9.56. The fourth-order valence-electron chi connectivity index (χ4n) is 6.67. The maximum Gasteiger partial charge on any atom is 0.253 e. The van der Waals surface area contributed by atoms with Gasteiger partial charge >= 0.3 is 0 Å². The lowest BCUT2D eigenvalue weighted by molar-refractivity contribution is -0.138. The third-order valence-electron chi connectivity index (χ3n) is 8.40. The fraction of sp³-hybridized carbons (Fsp3) is 0.333. The summed E-state index contributed by atoms with van der Waals surface area (Å²) >= 11 is 20.1. The van der Waals surface area contributed by atoms with Gasteiger partial charge in [-0.25, -0.2) is 4.39 Å². The molecule has 2 aliphatic heterocycles. The van der Waals surface area contributed by atoms with E-state index >= 15 is 0 Å². The van der Waals surface area contributed by atoms with E-state index in [4.69, 9.17) is 34.8 Å². The highest BCUT2D eigenvalue weighted by Gasteiger charge is 2.75. The third kappa shape index (κ3) is 3.08. The van der Waals surface area contributed by atoms with Gasteiger partial charge in [0.15, 0.2) is 21.3 Å². The summed E-state index contributed by atoms with van der Waals surface area (Å²) in [6.45, 7) is 0. The predicted octanol–water partition coefficient (Wildman–Crippen LogP) is 4.38. The molecule has 4 aliphatic rings. The Labute approximate surface area is 231 Å². The summed E-state index contributed by atoms with van der Waals surface area (Å²) in [6.07, 6.45) is 1.78. The van der Waals surface area contributed by atoms with E-state index in [0.29, 0.717) is 16.3 Å². The van der Waals surface area contributed by atoms with Crippen molar-refractivity contribution in [2.75, 3.05) is 11.9 Å². The van der Waals surface area contributed by atoms with Gasteiger partial charge in [-0.3, -0.25) is 29.0 Å². The zero-order chi connectivity index (χ0) is 27.3. The second kappa shape index (κ2) is 8.28. The van der Waals surface area contributed by atoms with Crippen LogP contribution < -0.4 is 4.90 Å². The van der Waals surface area contributed by atoms with Crippen molar-refractivity contribution >= 4 is 64.1 Å². The van der Waals surface area contributed by atoms with E-state index in [-0.39, 0.29) is 24.3 Å². The maximum absolute atomic E-state index is 14.5. The van der Waals surface area contributed by atoms with E-state index in [1.165, 1.54) is 13.1 Å². The molecule has 0 unspecified atom stereocenters. The highest BCUT2D eigenvalue weighted by Crippen LogP contribution is 2.65. The average Bonchev–Trinajstić information content (AvgIpc) is 3.21. The maximum atomic E-state index is 14.5. The molecule has 0 aromatic heterocycles. The van der Waals surface area contributed by atoms with Crippen molar-refractivity contribution in [3.63, 3.8) is 0 Å². The first-order valence-corrected chi connectivity index (χ1v) is 13.1. The monoisotopic (exact) mass is 576 g/mol. The van der Waals surface area contributed by atoms with Crippen LogP contribution >= 0.6 is 34.8 Å². The van der Waals surface area contributed by atoms with E-state index < -0.39 is 62.7 Å². The Morgan fingerprint density at radius 2 is 1.66 bits per heavy atom. The molecule has 2 saturated heterocycles. The molecule has 2 aromatic carbocycles. The van der Waals surface area contributed by atoms with Crippen LogP contribution in [0.3, 0.4) is 0 Å². The Morgan fingerprint density at radius 3 is 2.32 bits per heavy atom. The average molecular weight is 578 g/mol. The number of likely N-dealkylation sites (tertiary alicyclic amines) is 1. The molecule has 3 fully saturated rings. The molecule has 2 aromatic rings. The number of benzene rings is 2. The number of nitrogens with zero attached hydrogens (tertiary/aromatic N) is 2. The van der Waals surface area contributed by atoms with Crippen molar-refractivity contribution in [1.29, 1.82) is 0 Å². The minimum atomic E-state index is -2.01. The fourth-order valence-corrected chi connectivity index (χ4v) is 7.81. The van der Waals surface area contributed by atoms with Crippen LogP contribution in [0, 0.1) is 23.6 Å². The number of anilines is 1. The molecule has 7 nitrogen and oxygen atoms in total. The van der Waals surface area contributed by atoms with Gasteiger partial charge in [0.05, 0.1) is 17.5 Å². The predicted molar refractivity (Wildman–Crippen MR) is 137 cm³/mol. The number of imide groups is 2. The van der Waals surface area contributed by atoms with Gasteiger partial charge in [0.2, 0.25) is 11.8 Å². The Kier molecular flexibility index (Phi) is 5.52. The summed E-state index contributed by atoms with van der Waals surface area (Å²) in [4.78, 5) is 52.2. The van der Waals surface area contributed by atoms with Gasteiger partial charge in [-0.1, -0.05) is 29.3 Å². The number of rotatable bonds is 2. The molecule has 1 N–H and O–H groups in total. The Hall–Kier alpha value is -2.94. The van der Waals surface area contributed by atoms with Crippen LogP contribution in [-0.4, -0.2) is 50.4 Å². The number of allylic oxidation sites excluding steroid dienone is 2. The number of phenolic OH excluding ortho intramolecular Hbond substituents is 1. The molecular formula is C27H20Cl3FN2O5. The van der Waals surface area contributed by atoms with E-state index in [2.05, 4.69) is 0 Å². The van der Waals surface area contributed by atoms with E-state index in [9.17, 15) is 28.7 Å². The van der Waals surface area contributed by atoms with Crippen LogP contribution in [0.2, 0.25) is 5.02 Å². The van der Waals surface area contributed by atoms with Crippen LogP contribution in [0.25, 0.3) is 0 Å². The Bertz CT molecular complexity index is 1480. The molecule has 0 radical (unpaired) electrons. The van der Waals surface area contributed by atoms with Gasteiger partial charge in [-0.15, -0.1) is 23.2 Å². The van der Waals surface area contributed by atoms with Gasteiger partial charge in [0.25, 0.3) is 11.8 Å². The summed E-state index contributed by atoms with van der Waals surface area (Å²) in [6, 6.07) is 9.90. The van der Waals surface area contributed by atoms with Crippen molar-refractivity contribution in [3.8, 4) is 5.75 Å². The highest BCUT2D eigenvalue weighted by atomic mass is 35.5. The number of halogens is 4. The topological polar surface area (TPSA) is 95.0 Å². The molecule has 1 saturated carbocycles. The summed E-state index contributed by atoms with van der Waals surface area (Å²) in [5, 5.41) is 10.2. The van der Waals surface area contributed by atoms with Crippen LogP contribution in [-0.2, 0) is 19.2 Å². The van der Waals surface area contributed by atoms with E-state index in [1.54, 1.807) is 30.3 Å². The first-order valence-electron chi connectivity index (χ1n) is 11.9. The molecule has 196 valence electrons. The Balaban J connectivity index is 1.52. The van der Waals surface area contributed by atoms with Crippen molar-refractivity contribution in [2.24, 2.45) is 17.8 Å². The smallest absolute Gasteiger partial charge is 0.253 e. The molecule has 0 bridgehead atoms. The molecule has 6 atom stereocenters. The molecular weight excluding hydrogens is 558 g/mol. The minimum Gasteiger partial charge on any atom is -0.505 e. The summed E-state index contributed by atoms with van der Waals surface area (Å²) in [5.74, 6) is -7.24. The van der Waals surface area contributed by atoms with Crippen molar-refractivity contribution < 1.29 is 28.7 Å². The molecule has 11 heteroatoms. The van der Waals surface area contributed by atoms with Gasteiger partial charge in [0.1, 0.15) is 0 Å². The summed E-state index contributed by atoms with van der Waals surface area (Å²) in [7, 11) is 1.28. The minimum absolute atomic E-state index is 0.162. The zero-order valence-corrected chi connectivity index (χ0v) is 22.1.